The number of fused-ring (bicyclic) bond motifs is 1. The van der Waals surface area contributed by atoms with Crippen LogP contribution in [-0.4, -0.2) is 18.4 Å². The summed E-state index contributed by atoms with van der Waals surface area (Å²) in [4.78, 5) is 24.0. The van der Waals surface area contributed by atoms with Crippen LogP contribution in [0.25, 0.3) is 11.0 Å². The molecule has 6 nitrogen and oxygen atoms in total. The van der Waals surface area contributed by atoms with Gasteiger partial charge in [0.1, 0.15) is 5.75 Å². The van der Waals surface area contributed by atoms with E-state index in [1.165, 1.54) is 12.1 Å². The summed E-state index contributed by atoms with van der Waals surface area (Å²) in [5, 5.41) is 0.854. The monoisotopic (exact) mass is 376 g/mol. The van der Waals surface area contributed by atoms with Crippen molar-refractivity contribution in [3.05, 3.63) is 64.6 Å². The third kappa shape index (κ3) is 3.62. The van der Waals surface area contributed by atoms with Crippen LogP contribution in [0.2, 0.25) is 5.02 Å². The van der Waals surface area contributed by atoms with Crippen LogP contribution in [0.5, 0.6) is 5.75 Å². The average Bonchev–Trinajstić information content (AvgIpc) is 2.97. The van der Waals surface area contributed by atoms with E-state index in [2.05, 4.69) is 10.9 Å². The number of amides is 2. The third-order valence-corrected chi connectivity index (χ3v) is 3.95. The van der Waals surface area contributed by atoms with Gasteiger partial charge in [0.05, 0.1) is 5.02 Å². The van der Waals surface area contributed by atoms with Crippen LogP contribution in [0.4, 0.5) is 4.39 Å². The molecular weight excluding hydrogens is 363 g/mol. The molecule has 2 N–H and O–H groups in total. The van der Waals surface area contributed by atoms with Crippen molar-refractivity contribution in [2.75, 3.05) is 6.61 Å². The molecule has 26 heavy (non-hydrogen) atoms. The van der Waals surface area contributed by atoms with Crippen molar-refractivity contribution < 1.29 is 23.1 Å². The van der Waals surface area contributed by atoms with Crippen LogP contribution in [0.15, 0.2) is 46.9 Å². The molecule has 0 unspecified atom stereocenters. The molecule has 0 radical (unpaired) electrons. The SMILES string of the molecule is Cc1c(C(=O)NNC(=O)COc2ccccc2Cl)oc2c(F)cccc12. The maximum atomic E-state index is 13.7. The maximum Gasteiger partial charge on any atom is 0.305 e. The second-order valence-electron chi connectivity index (χ2n) is 5.39. The van der Waals surface area contributed by atoms with Crippen molar-refractivity contribution in [2.45, 2.75) is 6.92 Å². The van der Waals surface area contributed by atoms with Crippen molar-refractivity contribution in [1.29, 1.82) is 0 Å². The van der Waals surface area contributed by atoms with Crippen LogP contribution in [0, 0.1) is 12.7 Å². The zero-order valence-corrected chi connectivity index (χ0v) is 14.4. The van der Waals surface area contributed by atoms with Crippen molar-refractivity contribution in [3.8, 4) is 5.75 Å². The van der Waals surface area contributed by atoms with E-state index >= 15 is 0 Å². The van der Waals surface area contributed by atoms with E-state index in [9.17, 15) is 14.0 Å². The standard InChI is InChI=1S/C18H14ClFN2O4/c1-10-11-5-4-7-13(20)17(11)26-16(10)18(24)22-21-15(23)9-25-14-8-3-2-6-12(14)19/h2-8H,9H2,1H3,(H,21,23)(H,22,24). The lowest BCUT2D eigenvalue weighted by atomic mass is 10.1. The first-order valence-electron chi connectivity index (χ1n) is 7.61. The van der Waals surface area contributed by atoms with Crippen LogP contribution in [0.1, 0.15) is 16.1 Å². The highest BCUT2D eigenvalue weighted by Crippen LogP contribution is 2.27. The van der Waals surface area contributed by atoms with E-state index < -0.39 is 17.6 Å². The summed E-state index contributed by atoms with van der Waals surface area (Å²) < 4.78 is 24.3. The molecule has 0 atom stereocenters. The molecule has 0 saturated carbocycles. The van der Waals surface area contributed by atoms with Gasteiger partial charge in [-0.1, -0.05) is 35.9 Å². The number of para-hydroxylation sites is 2. The number of carbonyl (C=O) groups excluding carboxylic acids is 2. The summed E-state index contributed by atoms with van der Waals surface area (Å²) >= 11 is 5.91. The summed E-state index contributed by atoms with van der Waals surface area (Å²) in [7, 11) is 0. The Balaban J connectivity index is 1.60. The van der Waals surface area contributed by atoms with Gasteiger partial charge in [-0.2, -0.15) is 0 Å². The zero-order valence-electron chi connectivity index (χ0n) is 13.6. The Bertz CT molecular complexity index is 986. The first kappa shape index (κ1) is 17.8. The first-order valence-corrected chi connectivity index (χ1v) is 7.99. The molecule has 0 spiro atoms. The molecule has 0 bridgehead atoms. The van der Waals surface area contributed by atoms with Gasteiger partial charge in [0, 0.05) is 10.9 Å². The summed E-state index contributed by atoms with van der Waals surface area (Å²) in [6, 6.07) is 11.1. The van der Waals surface area contributed by atoms with E-state index in [0.29, 0.717) is 21.7 Å². The number of benzene rings is 2. The molecule has 134 valence electrons. The minimum Gasteiger partial charge on any atom is -0.482 e. The van der Waals surface area contributed by atoms with Crippen molar-refractivity contribution in [1.82, 2.24) is 10.9 Å². The number of ether oxygens (including phenoxy) is 1. The minimum absolute atomic E-state index is 0.0106. The van der Waals surface area contributed by atoms with Crippen molar-refractivity contribution >= 4 is 34.4 Å². The molecule has 2 aromatic carbocycles. The van der Waals surface area contributed by atoms with E-state index in [4.69, 9.17) is 20.8 Å². The Kier molecular flexibility index (Phi) is 5.09. The Hall–Kier alpha value is -3.06. The van der Waals surface area contributed by atoms with E-state index in [1.54, 1.807) is 37.3 Å². The van der Waals surface area contributed by atoms with E-state index in [0.717, 1.165) is 0 Å². The molecule has 8 heteroatoms. The number of hydrazine groups is 1. The van der Waals surface area contributed by atoms with Gasteiger partial charge in [-0.15, -0.1) is 0 Å². The van der Waals surface area contributed by atoms with E-state index in [-0.39, 0.29) is 18.0 Å². The quantitative estimate of drug-likeness (QED) is 0.684. The minimum atomic E-state index is -0.704. The van der Waals surface area contributed by atoms with Gasteiger partial charge in [0.15, 0.2) is 23.8 Å². The van der Waals surface area contributed by atoms with Crippen molar-refractivity contribution in [2.24, 2.45) is 0 Å². The second kappa shape index (κ2) is 7.45. The normalized spacial score (nSPS) is 10.6. The highest BCUT2D eigenvalue weighted by Gasteiger charge is 2.20. The fraction of sp³-hybridized carbons (Fsp3) is 0.111. The predicted octanol–water partition coefficient (Wildman–Crippen LogP) is 3.37. The summed E-state index contributed by atoms with van der Waals surface area (Å²) in [5.74, 6) is -1.61. The lowest BCUT2D eigenvalue weighted by Crippen LogP contribution is -2.43. The Morgan fingerprint density at radius 2 is 1.92 bits per heavy atom. The van der Waals surface area contributed by atoms with Gasteiger partial charge in [-0.05, 0) is 25.1 Å². The number of aryl methyl sites for hydroxylation is 1. The molecule has 0 fully saturated rings. The van der Waals surface area contributed by atoms with Gasteiger partial charge in [0.2, 0.25) is 0 Å². The largest absolute Gasteiger partial charge is 0.482 e. The number of halogens is 2. The first-order chi connectivity index (χ1) is 12.5. The van der Waals surface area contributed by atoms with Crippen LogP contribution in [0.3, 0.4) is 0 Å². The molecule has 1 heterocycles. The lowest BCUT2D eigenvalue weighted by molar-refractivity contribution is -0.123. The Morgan fingerprint density at radius 1 is 1.15 bits per heavy atom. The van der Waals surface area contributed by atoms with Gasteiger partial charge in [0.25, 0.3) is 5.91 Å². The van der Waals surface area contributed by atoms with Gasteiger partial charge in [-0.3, -0.25) is 20.4 Å². The van der Waals surface area contributed by atoms with Crippen LogP contribution >= 0.6 is 11.6 Å². The van der Waals surface area contributed by atoms with Gasteiger partial charge < -0.3 is 9.15 Å². The molecule has 0 saturated heterocycles. The Labute approximate surface area is 152 Å². The average molecular weight is 377 g/mol. The number of furan rings is 1. The third-order valence-electron chi connectivity index (χ3n) is 3.63. The zero-order chi connectivity index (χ0) is 18.7. The van der Waals surface area contributed by atoms with Crippen LogP contribution in [-0.2, 0) is 4.79 Å². The maximum absolute atomic E-state index is 13.7. The number of carbonyl (C=O) groups is 2. The summed E-state index contributed by atoms with van der Waals surface area (Å²) in [6.07, 6.45) is 0. The van der Waals surface area contributed by atoms with Crippen molar-refractivity contribution in [3.63, 3.8) is 0 Å². The number of hydrogen-bond donors (Lipinski definition) is 2. The molecule has 1 aromatic heterocycles. The molecule has 0 aliphatic heterocycles. The highest BCUT2D eigenvalue weighted by atomic mass is 35.5. The number of rotatable bonds is 4. The fourth-order valence-electron chi connectivity index (χ4n) is 2.35. The fourth-order valence-corrected chi connectivity index (χ4v) is 2.54. The molecule has 0 aliphatic carbocycles. The van der Waals surface area contributed by atoms with Crippen LogP contribution < -0.4 is 15.6 Å². The molecule has 2 amide bonds. The molecule has 0 aliphatic rings. The Morgan fingerprint density at radius 3 is 2.65 bits per heavy atom. The van der Waals surface area contributed by atoms with E-state index in [1.807, 2.05) is 0 Å². The van der Waals surface area contributed by atoms with Gasteiger partial charge in [-0.25, -0.2) is 4.39 Å². The molecule has 3 rings (SSSR count). The summed E-state index contributed by atoms with van der Waals surface area (Å²) in [5.41, 5.74) is 4.86. The smallest absolute Gasteiger partial charge is 0.305 e. The summed E-state index contributed by atoms with van der Waals surface area (Å²) in [6.45, 7) is 1.28. The molecular formula is C18H14ClFN2O4. The lowest BCUT2D eigenvalue weighted by Gasteiger charge is -2.09. The number of hydrogen-bond acceptors (Lipinski definition) is 4. The number of nitrogens with one attached hydrogen (secondary N) is 2. The second-order valence-corrected chi connectivity index (χ2v) is 5.80. The van der Waals surface area contributed by atoms with Gasteiger partial charge >= 0.3 is 5.91 Å². The predicted molar refractivity (Wildman–Crippen MR) is 93.5 cm³/mol. The topological polar surface area (TPSA) is 80.6 Å². The molecule has 3 aromatic rings. The highest BCUT2D eigenvalue weighted by molar-refractivity contribution is 6.32.